The summed E-state index contributed by atoms with van der Waals surface area (Å²) >= 11 is 0. The predicted molar refractivity (Wildman–Crippen MR) is 62.6 cm³/mol. The molecular formula is C12H13N3O2. The summed E-state index contributed by atoms with van der Waals surface area (Å²) in [6.45, 7) is 0.0110. The van der Waals surface area contributed by atoms with Gasteiger partial charge in [0, 0.05) is 12.0 Å². The van der Waals surface area contributed by atoms with Crippen LogP contribution in [0.5, 0.6) is 5.75 Å². The molecule has 0 aliphatic carbocycles. The van der Waals surface area contributed by atoms with Crippen LogP contribution in [-0.4, -0.2) is 34.0 Å². The summed E-state index contributed by atoms with van der Waals surface area (Å²) in [6.07, 6.45) is 1.98. The molecule has 17 heavy (non-hydrogen) atoms. The number of aliphatic hydroxyl groups is 1. The number of hydrogen-bond acceptors (Lipinski definition) is 5. The zero-order chi connectivity index (χ0) is 12.1. The molecule has 0 aliphatic rings. The summed E-state index contributed by atoms with van der Waals surface area (Å²) in [6, 6.07) is 7.58. The van der Waals surface area contributed by atoms with E-state index in [0.717, 1.165) is 11.3 Å². The van der Waals surface area contributed by atoms with E-state index in [1.54, 1.807) is 13.3 Å². The number of hydrogen-bond donors (Lipinski definition) is 1. The van der Waals surface area contributed by atoms with Gasteiger partial charge >= 0.3 is 0 Å². The fourth-order valence-electron chi connectivity index (χ4n) is 1.53. The summed E-state index contributed by atoms with van der Waals surface area (Å²) in [5.74, 6) is 1.26. The molecule has 0 saturated carbocycles. The first kappa shape index (κ1) is 11.5. The Bertz CT molecular complexity index is 503. The summed E-state index contributed by atoms with van der Waals surface area (Å²) in [5, 5.41) is 16.6. The monoisotopic (exact) mass is 231 g/mol. The molecule has 88 valence electrons. The van der Waals surface area contributed by atoms with Crippen LogP contribution >= 0.6 is 0 Å². The van der Waals surface area contributed by atoms with E-state index in [-0.39, 0.29) is 6.61 Å². The van der Waals surface area contributed by atoms with E-state index < -0.39 is 0 Å². The third-order valence-electron chi connectivity index (χ3n) is 2.32. The number of nitrogens with zero attached hydrogens (tertiary/aromatic N) is 3. The van der Waals surface area contributed by atoms with Gasteiger partial charge in [-0.2, -0.15) is 5.10 Å². The lowest BCUT2D eigenvalue weighted by atomic mass is 10.1. The maximum Gasteiger partial charge on any atom is 0.153 e. The van der Waals surface area contributed by atoms with E-state index in [1.807, 2.05) is 24.3 Å². The average Bonchev–Trinajstić information content (AvgIpc) is 2.39. The van der Waals surface area contributed by atoms with E-state index in [0.29, 0.717) is 17.9 Å². The molecule has 0 unspecified atom stereocenters. The Hall–Kier alpha value is -2.01. The number of para-hydroxylation sites is 1. The SMILES string of the molecule is COc1ccccc1-c1cnnc(CCO)n1. The van der Waals surface area contributed by atoms with Gasteiger partial charge in [-0.15, -0.1) is 5.10 Å². The van der Waals surface area contributed by atoms with Crippen LogP contribution in [0.4, 0.5) is 0 Å². The highest BCUT2D eigenvalue weighted by Gasteiger charge is 2.08. The molecule has 0 saturated heterocycles. The van der Waals surface area contributed by atoms with Crippen LogP contribution in [0.3, 0.4) is 0 Å². The first-order valence-corrected chi connectivity index (χ1v) is 5.28. The van der Waals surface area contributed by atoms with Crippen LogP contribution < -0.4 is 4.74 Å². The second-order valence-corrected chi connectivity index (χ2v) is 3.43. The number of aliphatic hydroxyl groups excluding tert-OH is 1. The first-order chi connectivity index (χ1) is 8.35. The highest BCUT2D eigenvalue weighted by molar-refractivity contribution is 5.66. The molecule has 1 aromatic heterocycles. The lowest BCUT2D eigenvalue weighted by molar-refractivity contribution is 0.296. The minimum Gasteiger partial charge on any atom is -0.496 e. The average molecular weight is 231 g/mol. The molecule has 1 heterocycles. The molecule has 2 aromatic rings. The van der Waals surface area contributed by atoms with Gasteiger partial charge in [-0.1, -0.05) is 12.1 Å². The fourth-order valence-corrected chi connectivity index (χ4v) is 1.53. The second kappa shape index (κ2) is 5.36. The van der Waals surface area contributed by atoms with Crippen molar-refractivity contribution in [3.05, 3.63) is 36.3 Å². The minimum absolute atomic E-state index is 0.0110. The van der Waals surface area contributed by atoms with Gasteiger partial charge in [0.05, 0.1) is 25.6 Å². The molecular weight excluding hydrogens is 218 g/mol. The minimum atomic E-state index is 0.0110. The molecule has 0 bridgehead atoms. The predicted octanol–water partition coefficient (Wildman–Crippen LogP) is 1.08. The number of aromatic nitrogens is 3. The van der Waals surface area contributed by atoms with Crippen molar-refractivity contribution in [2.24, 2.45) is 0 Å². The largest absolute Gasteiger partial charge is 0.496 e. The van der Waals surface area contributed by atoms with E-state index >= 15 is 0 Å². The highest BCUT2D eigenvalue weighted by Crippen LogP contribution is 2.27. The topological polar surface area (TPSA) is 68.1 Å². The summed E-state index contributed by atoms with van der Waals surface area (Å²) in [5.41, 5.74) is 1.56. The lowest BCUT2D eigenvalue weighted by Gasteiger charge is -2.07. The van der Waals surface area contributed by atoms with E-state index in [9.17, 15) is 0 Å². The third kappa shape index (κ3) is 2.57. The smallest absolute Gasteiger partial charge is 0.153 e. The van der Waals surface area contributed by atoms with E-state index in [4.69, 9.17) is 9.84 Å². The summed E-state index contributed by atoms with van der Waals surface area (Å²) in [4.78, 5) is 4.33. The van der Waals surface area contributed by atoms with Gasteiger partial charge in [-0.05, 0) is 12.1 Å². The van der Waals surface area contributed by atoms with E-state index in [2.05, 4.69) is 15.2 Å². The number of ether oxygens (including phenoxy) is 1. The van der Waals surface area contributed by atoms with Gasteiger partial charge in [-0.3, -0.25) is 0 Å². The highest BCUT2D eigenvalue weighted by atomic mass is 16.5. The lowest BCUT2D eigenvalue weighted by Crippen LogP contribution is -2.02. The van der Waals surface area contributed by atoms with Crippen molar-refractivity contribution in [2.75, 3.05) is 13.7 Å². The maximum atomic E-state index is 8.85. The van der Waals surface area contributed by atoms with Gasteiger partial charge < -0.3 is 9.84 Å². The molecule has 0 aliphatic heterocycles. The molecule has 5 heteroatoms. The van der Waals surface area contributed by atoms with Gasteiger partial charge in [0.2, 0.25) is 0 Å². The van der Waals surface area contributed by atoms with Crippen molar-refractivity contribution in [1.82, 2.24) is 15.2 Å². The van der Waals surface area contributed by atoms with Crippen LogP contribution in [0.15, 0.2) is 30.5 Å². The zero-order valence-electron chi connectivity index (χ0n) is 9.50. The van der Waals surface area contributed by atoms with Crippen molar-refractivity contribution >= 4 is 0 Å². The van der Waals surface area contributed by atoms with Gasteiger partial charge in [0.1, 0.15) is 5.75 Å². The zero-order valence-corrected chi connectivity index (χ0v) is 9.50. The van der Waals surface area contributed by atoms with Crippen LogP contribution in [-0.2, 0) is 6.42 Å². The Balaban J connectivity index is 2.41. The summed E-state index contributed by atoms with van der Waals surface area (Å²) in [7, 11) is 1.61. The third-order valence-corrected chi connectivity index (χ3v) is 2.32. The Labute approximate surface area is 99.1 Å². The molecule has 5 nitrogen and oxygen atoms in total. The Kier molecular flexibility index (Phi) is 3.62. The quantitative estimate of drug-likeness (QED) is 0.852. The number of benzene rings is 1. The van der Waals surface area contributed by atoms with E-state index in [1.165, 1.54) is 0 Å². The summed E-state index contributed by atoms with van der Waals surface area (Å²) < 4.78 is 5.26. The molecule has 0 fully saturated rings. The Morgan fingerprint density at radius 3 is 2.88 bits per heavy atom. The standard InChI is InChI=1S/C12H13N3O2/c1-17-11-5-3-2-4-9(11)10-8-13-15-12(14-10)6-7-16/h2-5,8,16H,6-7H2,1H3. The molecule has 0 spiro atoms. The van der Waals surface area contributed by atoms with Crippen molar-refractivity contribution in [3.8, 4) is 17.0 Å². The molecule has 0 radical (unpaired) electrons. The normalized spacial score (nSPS) is 10.2. The van der Waals surface area contributed by atoms with Gasteiger partial charge in [0.25, 0.3) is 0 Å². The van der Waals surface area contributed by atoms with Crippen LogP contribution in [0.2, 0.25) is 0 Å². The number of methoxy groups -OCH3 is 1. The Morgan fingerprint density at radius 1 is 1.29 bits per heavy atom. The first-order valence-electron chi connectivity index (χ1n) is 5.28. The molecule has 1 aromatic carbocycles. The molecule has 0 amide bonds. The van der Waals surface area contributed by atoms with Crippen molar-refractivity contribution in [2.45, 2.75) is 6.42 Å². The maximum absolute atomic E-state index is 8.85. The van der Waals surface area contributed by atoms with Crippen molar-refractivity contribution < 1.29 is 9.84 Å². The molecule has 1 N–H and O–H groups in total. The van der Waals surface area contributed by atoms with Crippen LogP contribution in [0.25, 0.3) is 11.3 Å². The van der Waals surface area contributed by atoms with Crippen LogP contribution in [0, 0.1) is 0 Å². The molecule has 0 atom stereocenters. The molecule has 2 rings (SSSR count). The second-order valence-electron chi connectivity index (χ2n) is 3.43. The van der Waals surface area contributed by atoms with Gasteiger partial charge in [0.15, 0.2) is 5.82 Å². The fraction of sp³-hybridized carbons (Fsp3) is 0.250. The Morgan fingerprint density at radius 2 is 2.12 bits per heavy atom. The number of rotatable bonds is 4. The van der Waals surface area contributed by atoms with Crippen molar-refractivity contribution in [1.29, 1.82) is 0 Å². The van der Waals surface area contributed by atoms with Crippen molar-refractivity contribution in [3.63, 3.8) is 0 Å². The van der Waals surface area contributed by atoms with Crippen LogP contribution in [0.1, 0.15) is 5.82 Å². The van der Waals surface area contributed by atoms with Gasteiger partial charge in [-0.25, -0.2) is 4.98 Å².